The lowest BCUT2D eigenvalue weighted by atomic mass is 10.7. The quantitative estimate of drug-likeness (QED) is 0.264. The topological polar surface area (TPSA) is 169 Å². The van der Waals surface area contributed by atoms with E-state index in [0.717, 1.165) is 13.8 Å². The van der Waals surface area contributed by atoms with Gasteiger partial charge in [0.25, 0.3) is 11.9 Å². The summed E-state index contributed by atoms with van der Waals surface area (Å²) in [6.07, 6.45) is 0. The monoisotopic (exact) mass is 528 g/mol. The minimum absolute atomic E-state index is 0. The fourth-order valence-electron chi connectivity index (χ4n) is 0.202. The molecule has 0 aliphatic carbocycles. The molecule has 0 radical (unpaired) electrons. The largest absolute Gasteiger partial charge is 0.481 e. The molecule has 0 spiro atoms. The number of ether oxygens (including phenoxy) is 1. The van der Waals surface area contributed by atoms with Crippen LogP contribution in [0.5, 0.6) is 0 Å². The van der Waals surface area contributed by atoms with Crippen molar-refractivity contribution in [3.63, 3.8) is 0 Å². The molecule has 0 aromatic rings. The molecule has 0 saturated heterocycles. The molecule has 0 aliphatic heterocycles. The van der Waals surface area contributed by atoms with E-state index in [2.05, 4.69) is 49.3 Å². The number of hydrogen-bond donors (Lipinski definition) is 2. The van der Waals surface area contributed by atoms with Gasteiger partial charge in [-0.15, -0.1) is 0 Å². The number of carbonyl (C=O) groups excluding carboxylic acids is 4. The SMILES string of the molecule is C.C.CC(=O)Cl.CC(=O)Cl.CC(=O)O.CC(=O)O.CC(=O)OC(C)=O.O=S(Cl)Cl. The summed E-state index contributed by atoms with van der Waals surface area (Å²) >= 11 is 9.27. The lowest BCUT2D eigenvalue weighted by molar-refractivity contribution is -0.156. The van der Waals surface area contributed by atoms with E-state index in [4.69, 9.17) is 24.0 Å². The molecule has 0 bridgehead atoms. The Morgan fingerprint density at radius 3 is 0.724 bits per heavy atom. The van der Waals surface area contributed by atoms with Crippen LogP contribution in [0.1, 0.15) is 56.4 Å². The Kier molecular flexibility index (Phi) is 72.3. The zero-order valence-corrected chi connectivity index (χ0v) is 18.9. The molecule has 15 heteroatoms. The van der Waals surface area contributed by atoms with Crippen molar-refractivity contribution >= 4 is 88.2 Å². The summed E-state index contributed by atoms with van der Waals surface area (Å²) in [5.41, 5.74) is 0. The lowest BCUT2D eigenvalue weighted by Gasteiger charge is -1.87. The highest BCUT2D eigenvalue weighted by atomic mass is 36.0. The average molecular weight is 530 g/mol. The molecule has 178 valence electrons. The number of halogens is 4. The van der Waals surface area contributed by atoms with E-state index in [1.807, 2.05) is 0 Å². The van der Waals surface area contributed by atoms with Crippen molar-refractivity contribution in [2.75, 3.05) is 0 Å². The fraction of sp³-hybridized carbons (Fsp3) is 0.571. The van der Waals surface area contributed by atoms with Crippen LogP contribution in [-0.2, 0) is 42.7 Å². The van der Waals surface area contributed by atoms with E-state index in [9.17, 15) is 19.2 Å². The molecule has 0 aliphatic rings. The molecule has 29 heavy (non-hydrogen) atoms. The van der Waals surface area contributed by atoms with Crippen molar-refractivity contribution < 1.29 is 47.9 Å². The van der Waals surface area contributed by atoms with Gasteiger partial charge in [0, 0.05) is 62.9 Å². The molecule has 0 fully saturated rings. The average Bonchev–Trinajstić information content (AvgIpc) is 2.21. The number of rotatable bonds is 0. The van der Waals surface area contributed by atoms with Gasteiger partial charge in [0.1, 0.15) is 0 Å². The van der Waals surface area contributed by atoms with Crippen molar-refractivity contribution in [3.05, 3.63) is 0 Å². The number of carboxylic acids is 2. The maximum absolute atomic E-state index is 9.81. The number of hydrogen-bond acceptors (Lipinski definition) is 8. The van der Waals surface area contributed by atoms with Crippen LogP contribution < -0.4 is 0 Å². The van der Waals surface area contributed by atoms with Gasteiger partial charge in [-0.2, -0.15) is 0 Å². The Hall–Kier alpha value is -1.27. The molecule has 0 rings (SSSR count). The van der Waals surface area contributed by atoms with Crippen molar-refractivity contribution in [2.24, 2.45) is 0 Å². The Labute approximate surface area is 192 Å². The molecule has 0 amide bonds. The van der Waals surface area contributed by atoms with E-state index in [0.29, 0.717) is 0 Å². The van der Waals surface area contributed by atoms with Crippen LogP contribution in [-0.4, -0.2) is 48.8 Å². The zero-order valence-electron chi connectivity index (χ0n) is 15.1. The van der Waals surface area contributed by atoms with Crippen LogP contribution in [0.25, 0.3) is 0 Å². The van der Waals surface area contributed by atoms with Gasteiger partial charge in [-0.3, -0.25) is 28.8 Å². The third kappa shape index (κ3) is 2190. The lowest BCUT2D eigenvalue weighted by Crippen LogP contribution is -2.03. The molecular formula is C14H28Cl4O10S. The normalized spacial score (nSPS) is 6.59. The van der Waals surface area contributed by atoms with Crippen molar-refractivity contribution in [2.45, 2.75) is 56.4 Å². The third-order valence-corrected chi connectivity index (χ3v) is 0.287. The van der Waals surface area contributed by atoms with Crippen LogP contribution >= 0.6 is 44.6 Å². The third-order valence-electron chi connectivity index (χ3n) is 0.287. The Morgan fingerprint density at radius 2 is 0.724 bits per heavy atom. The Bertz CT molecular complexity index is 383. The maximum atomic E-state index is 9.81. The molecule has 0 aromatic heterocycles. The first kappa shape index (κ1) is 50.9. The van der Waals surface area contributed by atoms with E-state index >= 15 is 0 Å². The number of carboxylic acid groups (broad SMARTS) is 2. The van der Waals surface area contributed by atoms with Crippen molar-refractivity contribution in [1.29, 1.82) is 0 Å². The zero-order chi connectivity index (χ0) is 23.7. The first-order valence-electron chi connectivity index (χ1n) is 5.93. The molecular weight excluding hydrogens is 502 g/mol. The maximum Gasteiger partial charge on any atom is 0.310 e. The van der Waals surface area contributed by atoms with Crippen LogP contribution in [0.4, 0.5) is 0 Å². The van der Waals surface area contributed by atoms with Gasteiger partial charge in [0.15, 0.2) is 0 Å². The summed E-state index contributed by atoms with van der Waals surface area (Å²) in [5, 5.41) is 14.1. The van der Waals surface area contributed by atoms with Crippen LogP contribution in [0.15, 0.2) is 0 Å². The standard InChI is InChI=1S/C4H6O3.2C2H3ClO.2C2H4O2.2CH4.Cl2OS/c1-3(5)7-4(2)6;4*1-2(3)4;;;1-4(2)3/h1-2H3;2*1H3;2*1H3,(H,3,4);2*1H4;. The number of carbonyl (C=O) groups is 6. The van der Waals surface area contributed by atoms with Crippen molar-refractivity contribution in [1.82, 2.24) is 0 Å². The molecule has 0 aromatic carbocycles. The second-order valence-electron chi connectivity index (χ2n) is 3.25. The smallest absolute Gasteiger partial charge is 0.310 e. The van der Waals surface area contributed by atoms with Crippen LogP contribution in [0, 0.1) is 0 Å². The van der Waals surface area contributed by atoms with Gasteiger partial charge in [-0.25, -0.2) is 4.21 Å². The first-order chi connectivity index (χ1) is 11.8. The van der Waals surface area contributed by atoms with E-state index in [1.54, 1.807) is 0 Å². The van der Waals surface area contributed by atoms with Crippen LogP contribution in [0.3, 0.4) is 0 Å². The molecule has 0 saturated carbocycles. The van der Waals surface area contributed by atoms with Gasteiger partial charge in [0.2, 0.25) is 19.7 Å². The summed E-state index contributed by atoms with van der Waals surface area (Å²) in [5.74, 6) is -2.79. The van der Waals surface area contributed by atoms with Gasteiger partial charge < -0.3 is 14.9 Å². The summed E-state index contributed by atoms with van der Waals surface area (Å²) < 4.78 is 13.1. The van der Waals surface area contributed by atoms with E-state index < -0.39 is 33.1 Å². The Morgan fingerprint density at radius 1 is 0.655 bits per heavy atom. The van der Waals surface area contributed by atoms with Gasteiger partial charge in [0.05, 0.1) is 0 Å². The highest BCUT2D eigenvalue weighted by Crippen LogP contribution is 1.89. The first-order valence-corrected chi connectivity index (χ1v) is 9.49. The minimum atomic E-state index is -1.67. The van der Waals surface area contributed by atoms with Crippen LogP contribution in [0.2, 0.25) is 0 Å². The summed E-state index contributed by atoms with van der Waals surface area (Å²) in [6, 6.07) is 0. The van der Waals surface area contributed by atoms with Gasteiger partial charge in [-0.05, 0) is 23.2 Å². The summed E-state index contributed by atoms with van der Waals surface area (Å²) in [4.78, 5) is 56.0. The Balaban J connectivity index is -0.0000000305. The minimum Gasteiger partial charge on any atom is -0.481 e. The second-order valence-corrected chi connectivity index (χ2v) is 6.84. The summed E-state index contributed by atoms with van der Waals surface area (Å²) in [7, 11) is 7.36. The number of aliphatic carboxylic acids is 2. The van der Waals surface area contributed by atoms with Gasteiger partial charge >= 0.3 is 11.9 Å². The highest BCUT2D eigenvalue weighted by Gasteiger charge is 1.93. The highest BCUT2D eigenvalue weighted by molar-refractivity contribution is 8.26. The summed E-state index contributed by atoms with van der Waals surface area (Å²) in [6.45, 7) is 7.12. The molecule has 0 unspecified atom stereocenters. The molecule has 10 nitrogen and oxygen atoms in total. The number of esters is 2. The molecule has 0 atom stereocenters. The molecule has 0 heterocycles. The van der Waals surface area contributed by atoms with Crippen molar-refractivity contribution in [3.8, 4) is 0 Å². The predicted octanol–water partition coefficient (Wildman–Crippen LogP) is 4.14. The molecule has 2 N–H and O–H groups in total. The fourth-order valence-corrected chi connectivity index (χ4v) is 0.202. The predicted molar refractivity (Wildman–Crippen MR) is 115 cm³/mol. The van der Waals surface area contributed by atoms with Gasteiger partial charge in [-0.1, -0.05) is 14.9 Å². The second kappa shape index (κ2) is 41.2. The van der Waals surface area contributed by atoms with E-state index in [-0.39, 0.29) is 25.3 Å². The van der Waals surface area contributed by atoms with E-state index in [1.165, 1.54) is 27.7 Å².